The van der Waals surface area contributed by atoms with Crippen LogP contribution in [-0.2, 0) is 0 Å². The monoisotopic (exact) mass is 456 g/mol. The topological polar surface area (TPSA) is 106 Å². The molecular weight excluding hydrogens is 440 g/mol. The molecule has 0 radical (unpaired) electrons. The van der Waals surface area contributed by atoms with E-state index in [4.69, 9.17) is 11.6 Å². The maximum Gasteiger partial charge on any atom is 0.264 e. The van der Waals surface area contributed by atoms with Crippen LogP contribution in [-0.4, -0.2) is 30.6 Å². The zero-order chi connectivity index (χ0) is 22.9. The van der Waals surface area contributed by atoms with Crippen LogP contribution in [0.5, 0.6) is 0 Å². The summed E-state index contributed by atoms with van der Waals surface area (Å²) in [5, 5.41) is 8.65. The van der Waals surface area contributed by atoms with E-state index in [2.05, 4.69) is 25.4 Å². The van der Waals surface area contributed by atoms with Gasteiger partial charge in [-0.15, -0.1) is 0 Å². The Morgan fingerprint density at radius 2 is 1.79 bits per heavy atom. The largest absolute Gasteiger partial charge is 0.320 e. The molecule has 0 saturated carbocycles. The van der Waals surface area contributed by atoms with Gasteiger partial charge >= 0.3 is 0 Å². The molecule has 0 atom stereocenters. The van der Waals surface area contributed by atoms with Gasteiger partial charge in [-0.2, -0.15) is 5.10 Å². The first-order valence-corrected chi connectivity index (χ1v) is 10.4. The number of hydrogen-bond acceptors (Lipinski definition) is 5. The molecule has 162 valence electrons. The minimum absolute atomic E-state index is 0.107. The highest BCUT2D eigenvalue weighted by atomic mass is 35.5. The normalized spacial score (nSPS) is 11.0. The minimum atomic E-state index is -0.583. The second kappa shape index (κ2) is 8.33. The number of H-pyrrole nitrogens is 1. The number of para-hydroxylation sites is 1. The van der Waals surface area contributed by atoms with E-state index in [1.807, 2.05) is 37.3 Å². The lowest BCUT2D eigenvalue weighted by Gasteiger charge is -2.07. The second-order valence-corrected chi connectivity index (χ2v) is 7.80. The van der Waals surface area contributed by atoms with Crippen molar-refractivity contribution in [2.75, 3.05) is 5.32 Å². The highest BCUT2D eigenvalue weighted by Gasteiger charge is 2.15. The van der Waals surface area contributed by atoms with E-state index in [0.29, 0.717) is 27.7 Å². The molecule has 5 aromatic rings. The van der Waals surface area contributed by atoms with Gasteiger partial charge in [0.05, 0.1) is 23.3 Å². The smallest absolute Gasteiger partial charge is 0.264 e. The molecule has 8 nitrogen and oxygen atoms in total. The number of anilines is 1. The average molecular weight is 457 g/mol. The first-order valence-electron chi connectivity index (χ1n) is 10.1. The number of carbonyl (C=O) groups is 1. The Hall–Kier alpha value is -4.30. The molecule has 3 heterocycles. The molecule has 1 amide bonds. The third-order valence-electron chi connectivity index (χ3n) is 5.13. The van der Waals surface area contributed by atoms with E-state index >= 15 is 0 Å². The molecule has 0 saturated heterocycles. The molecule has 33 heavy (non-hydrogen) atoms. The quantitative estimate of drug-likeness (QED) is 0.417. The van der Waals surface area contributed by atoms with Crippen molar-refractivity contribution in [2.24, 2.45) is 0 Å². The number of nitrogens with one attached hydrogen (secondary N) is 2. The Labute approximate surface area is 192 Å². The number of carbonyl (C=O) groups excluding carboxylic acids is 1. The van der Waals surface area contributed by atoms with E-state index < -0.39 is 11.5 Å². The van der Waals surface area contributed by atoms with Gasteiger partial charge in [0.1, 0.15) is 11.4 Å². The van der Waals surface area contributed by atoms with Gasteiger partial charge in [-0.3, -0.25) is 9.59 Å². The number of halogens is 1. The van der Waals surface area contributed by atoms with Crippen molar-refractivity contribution < 1.29 is 4.79 Å². The van der Waals surface area contributed by atoms with Gasteiger partial charge in [-0.1, -0.05) is 29.8 Å². The van der Waals surface area contributed by atoms with E-state index in [-0.39, 0.29) is 5.56 Å². The van der Waals surface area contributed by atoms with Gasteiger partial charge < -0.3 is 10.3 Å². The fourth-order valence-electron chi connectivity index (χ4n) is 3.47. The number of aromatic amines is 1. The summed E-state index contributed by atoms with van der Waals surface area (Å²) in [4.78, 5) is 36.6. The summed E-state index contributed by atoms with van der Waals surface area (Å²) >= 11 is 5.90. The zero-order valence-corrected chi connectivity index (χ0v) is 18.2. The average Bonchev–Trinajstić information content (AvgIpc) is 3.16. The van der Waals surface area contributed by atoms with Gasteiger partial charge in [0.2, 0.25) is 0 Å². The van der Waals surface area contributed by atoms with Crippen LogP contribution >= 0.6 is 11.6 Å². The van der Waals surface area contributed by atoms with Crippen LogP contribution in [0.25, 0.3) is 28.1 Å². The van der Waals surface area contributed by atoms with Gasteiger partial charge in [-0.05, 0) is 49.4 Å². The molecule has 2 aromatic carbocycles. The molecular formula is C24H17ClN6O2. The zero-order valence-electron chi connectivity index (χ0n) is 17.4. The number of hydrogen-bond donors (Lipinski definition) is 2. The second-order valence-electron chi connectivity index (χ2n) is 7.36. The third-order valence-corrected chi connectivity index (χ3v) is 5.38. The summed E-state index contributed by atoms with van der Waals surface area (Å²) in [6, 6.07) is 18.3. The predicted octanol–water partition coefficient (Wildman–Crippen LogP) is 4.38. The molecule has 2 N–H and O–H groups in total. The molecule has 0 spiro atoms. The summed E-state index contributed by atoms with van der Waals surface area (Å²) in [6.45, 7) is 1.87. The summed E-state index contributed by atoms with van der Waals surface area (Å²) in [5.41, 5.74) is 2.80. The lowest BCUT2D eigenvalue weighted by molar-refractivity contribution is 0.102. The van der Waals surface area contributed by atoms with Gasteiger partial charge in [0.15, 0.2) is 5.65 Å². The predicted molar refractivity (Wildman–Crippen MR) is 127 cm³/mol. The highest BCUT2D eigenvalue weighted by molar-refractivity contribution is 6.30. The molecule has 9 heteroatoms. The molecule has 5 rings (SSSR count). The van der Waals surface area contributed by atoms with Gasteiger partial charge in [-0.25, -0.2) is 14.6 Å². The number of pyridine rings is 1. The Morgan fingerprint density at radius 3 is 2.52 bits per heavy atom. The van der Waals surface area contributed by atoms with Crippen molar-refractivity contribution in [1.82, 2.24) is 24.7 Å². The third kappa shape index (κ3) is 3.99. The van der Waals surface area contributed by atoms with E-state index in [1.165, 1.54) is 12.4 Å². The van der Waals surface area contributed by atoms with Crippen molar-refractivity contribution in [1.29, 1.82) is 0 Å². The Bertz CT molecular complexity index is 1540. The number of aromatic nitrogens is 5. The fourth-order valence-corrected chi connectivity index (χ4v) is 3.60. The summed E-state index contributed by atoms with van der Waals surface area (Å²) < 4.78 is 1.75. The molecule has 0 unspecified atom stereocenters. The van der Waals surface area contributed by atoms with Crippen molar-refractivity contribution in [3.63, 3.8) is 0 Å². The standard InChI is InChI=1S/C24H17ClN6O2/c1-14-19-11-17(12-27-22(19)31(30-14)18-5-3-2-4-6-18)28-23(32)20-13-26-21(29-24(20)33)15-7-9-16(25)10-8-15/h2-13H,1H3,(H,28,32)(H,26,29,33). The SMILES string of the molecule is Cc1nn(-c2ccccc2)c2ncc(NC(=O)c3cnc(-c4ccc(Cl)cc4)[nH]c3=O)cc12. The summed E-state index contributed by atoms with van der Waals surface area (Å²) in [5.74, 6) is -0.235. The van der Waals surface area contributed by atoms with E-state index in [0.717, 1.165) is 16.8 Å². The number of amides is 1. The first kappa shape index (κ1) is 20.6. The molecule has 3 aromatic heterocycles. The number of rotatable bonds is 4. The molecule has 0 aliphatic carbocycles. The highest BCUT2D eigenvalue weighted by Crippen LogP contribution is 2.23. The van der Waals surface area contributed by atoms with Crippen LogP contribution in [0.3, 0.4) is 0 Å². The van der Waals surface area contributed by atoms with Crippen molar-refractivity contribution in [2.45, 2.75) is 6.92 Å². The van der Waals surface area contributed by atoms with Crippen LogP contribution in [0.1, 0.15) is 16.1 Å². The number of nitrogens with zero attached hydrogens (tertiary/aromatic N) is 4. The first-order chi connectivity index (χ1) is 16.0. The van der Waals surface area contributed by atoms with Crippen LogP contribution in [0, 0.1) is 6.92 Å². The Balaban J connectivity index is 1.42. The van der Waals surface area contributed by atoms with Crippen molar-refractivity contribution >= 4 is 34.2 Å². The number of aryl methyl sites for hydroxylation is 1. The van der Waals surface area contributed by atoms with Crippen LogP contribution < -0.4 is 10.9 Å². The Morgan fingerprint density at radius 1 is 1.03 bits per heavy atom. The van der Waals surface area contributed by atoms with Gasteiger partial charge in [0, 0.05) is 22.2 Å². The van der Waals surface area contributed by atoms with Crippen LogP contribution in [0.2, 0.25) is 5.02 Å². The summed E-state index contributed by atoms with van der Waals surface area (Å²) in [7, 11) is 0. The summed E-state index contributed by atoms with van der Waals surface area (Å²) in [6.07, 6.45) is 2.78. The van der Waals surface area contributed by atoms with Gasteiger partial charge in [0.25, 0.3) is 11.5 Å². The molecule has 0 aliphatic rings. The lowest BCUT2D eigenvalue weighted by Crippen LogP contribution is -2.24. The fraction of sp³-hybridized carbons (Fsp3) is 0.0417. The van der Waals surface area contributed by atoms with Crippen LogP contribution in [0.4, 0.5) is 5.69 Å². The lowest BCUT2D eigenvalue weighted by atomic mass is 10.2. The van der Waals surface area contributed by atoms with E-state index in [1.54, 1.807) is 35.0 Å². The maximum atomic E-state index is 12.7. The maximum absolute atomic E-state index is 12.7. The van der Waals surface area contributed by atoms with Crippen LogP contribution in [0.15, 0.2) is 77.9 Å². The van der Waals surface area contributed by atoms with Crippen molar-refractivity contribution in [3.8, 4) is 17.1 Å². The molecule has 0 bridgehead atoms. The molecule has 0 fully saturated rings. The van der Waals surface area contributed by atoms with Crippen molar-refractivity contribution in [3.05, 3.63) is 99.7 Å². The number of fused-ring (bicyclic) bond motifs is 1. The Kier molecular flexibility index (Phi) is 5.20. The minimum Gasteiger partial charge on any atom is -0.320 e. The molecule has 0 aliphatic heterocycles. The van der Waals surface area contributed by atoms with E-state index in [9.17, 15) is 9.59 Å². The number of benzene rings is 2.